The molecule has 2 aromatic rings. The van der Waals surface area contributed by atoms with Gasteiger partial charge in [0.25, 0.3) is 5.69 Å². The van der Waals surface area contributed by atoms with Crippen molar-refractivity contribution in [3.8, 4) is 0 Å². The van der Waals surface area contributed by atoms with Crippen LogP contribution in [-0.2, 0) is 0 Å². The number of rotatable bonds is 3. The molecule has 0 aliphatic carbocycles. The highest BCUT2D eigenvalue weighted by Crippen LogP contribution is 2.37. The van der Waals surface area contributed by atoms with E-state index in [9.17, 15) is 10.1 Å². The van der Waals surface area contributed by atoms with Gasteiger partial charge in [0.15, 0.2) is 0 Å². The number of piperidine rings is 1. The third-order valence-corrected chi connectivity index (χ3v) is 4.98. The summed E-state index contributed by atoms with van der Waals surface area (Å²) in [6.07, 6.45) is 5.42. The zero-order valence-corrected chi connectivity index (χ0v) is 13.8. The number of non-ortho nitro benzene ring substituents is 1. The van der Waals surface area contributed by atoms with E-state index in [4.69, 9.17) is 10.7 Å². The fourth-order valence-electron chi connectivity index (χ4n) is 3.52. The maximum atomic E-state index is 11.1. The van der Waals surface area contributed by atoms with Gasteiger partial charge in [0, 0.05) is 55.6 Å². The number of nitrogens with one attached hydrogen (secondary N) is 1. The second-order valence-electron chi connectivity index (χ2n) is 6.59. The van der Waals surface area contributed by atoms with Crippen LogP contribution in [0.25, 0.3) is 0 Å². The quantitative estimate of drug-likeness (QED) is 0.648. The van der Waals surface area contributed by atoms with E-state index in [1.54, 1.807) is 24.5 Å². The largest absolute Gasteiger partial charge is 0.384 e. The number of nitro groups is 1. The summed E-state index contributed by atoms with van der Waals surface area (Å²) >= 11 is 0. The fourth-order valence-corrected chi connectivity index (χ4v) is 3.52. The Balaban J connectivity index is 1.63. The minimum absolute atomic E-state index is 0.0330. The van der Waals surface area contributed by atoms with Gasteiger partial charge in [-0.15, -0.1) is 0 Å². The monoisotopic (exact) mass is 340 g/mol. The third-order valence-electron chi connectivity index (χ3n) is 4.98. The van der Waals surface area contributed by atoms with Crippen molar-refractivity contribution in [2.45, 2.75) is 24.8 Å². The predicted molar refractivity (Wildman–Crippen MR) is 94.9 cm³/mol. The molecule has 3 N–H and O–H groups in total. The summed E-state index contributed by atoms with van der Waals surface area (Å²) < 4.78 is 0. The number of fused-ring (bicyclic) bond motifs is 1. The molecule has 1 fully saturated rings. The summed E-state index contributed by atoms with van der Waals surface area (Å²) in [4.78, 5) is 22.1. The maximum Gasteiger partial charge on any atom is 0.269 e. The van der Waals surface area contributed by atoms with E-state index < -0.39 is 0 Å². The molecule has 1 aromatic carbocycles. The zero-order valence-electron chi connectivity index (χ0n) is 13.8. The lowest BCUT2D eigenvalue weighted by Crippen LogP contribution is -2.40. The van der Waals surface area contributed by atoms with Crippen molar-refractivity contribution in [3.63, 3.8) is 0 Å². The topological polar surface area (TPSA) is 110 Å². The number of nitrogens with zero attached hydrogens (tertiary/aromatic N) is 4. The first kappa shape index (κ1) is 15.8. The molecule has 0 spiro atoms. The van der Waals surface area contributed by atoms with Crippen molar-refractivity contribution in [1.29, 1.82) is 0 Å². The van der Waals surface area contributed by atoms with Crippen LogP contribution in [0.4, 0.5) is 17.2 Å². The summed E-state index contributed by atoms with van der Waals surface area (Å²) in [5.41, 5.74) is 8.73. The number of aromatic nitrogens is 2. The van der Waals surface area contributed by atoms with Crippen LogP contribution >= 0.6 is 0 Å². The number of nitrogens with two attached hydrogens (primary N) is 1. The van der Waals surface area contributed by atoms with Gasteiger partial charge in [0.2, 0.25) is 0 Å². The lowest BCUT2D eigenvalue weighted by atomic mass is 9.97. The molecule has 0 amide bonds. The summed E-state index contributed by atoms with van der Waals surface area (Å²) in [5.74, 6) is 0.817. The Morgan fingerprint density at radius 1 is 1.28 bits per heavy atom. The van der Waals surface area contributed by atoms with E-state index in [1.165, 1.54) is 6.07 Å². The average Bonchev–Trinajstić information content (AvgIpc) is 3.05. The Kier molecular flexibility index (Phi) is 3.96. The fraction of sp³-hybridized carbons (Fsp3) is 0.412. The van der Waals surface area contributed by atoms with Gasteiger partial charge in [-0.3, -0.25) is 15.1 Å². The second-order valence-corrected chi connectivity index (χ2v) is 6.59. The lowest BCUT2D eigenvalue weighted by molar-refractivity contribution is -0.384. The molecule has 8 heteroatoms. The first-order valence-electron chi connectivity index (χ1n) is 8.46. The third kappa shape index (κ3) is 3.00. The summed E-state index contributed by atoms with van der Waals surface area (Å²) in [6, 6.07) is 5.18. The van der Waals surface area contributed by atoms with E-state index in [2.05, 4.69) is 15.2 Å². The van der Waals surface area contributed by atoms with E-state index in [0.717, 1.165) is 48.7 Å². The van der Waals surface area contributed by atoms with Crippen LogP contribution in [0.3, 0.4) is 0 Å². The Labute approximate surface area is 145 Å². The Bertz CT molecular complexity index is 803. The highest BCUT2D eigenvalue weighted by atomic mass is 16.6. The van der Waals surface area contributed by atoms with Gasteiger partial charge in [-0.1, -0.05) is 0 Å². The van der Waals surface area contributed by atoms with Crippen molar-refractivity contribution in [2.75, 3.05) is 29.9 Å². The Morgan fingerprint density at radius 3 is 2.84 bits per heavy atom. The summed E-state index contributed by atoms with van der Waals surface area (Å²) in [5, 5.41) is 14.4. The van der Waals surface area contributed by atoms with Crippen LogP contribution < -0.4 is 16.0 Å². The van der Waals surface area contributed by atoms with Crippen LogP contribution in [0.15, 0.2) is 30.6 Å². The predicted octanol–water partition coefficient (Wildman–Crippen LogP) is 1.87. The van der Waals surface area contributed by atoms with Crippen LogP contribution in [0.1, 0.15) is 30.0 Å². The van der Waals surface area contributed by atoms with Gasteiger partial charge < -0.3 is 16.0 Å². The van der Waals surface area contributed by atoms with E-state index in [0.29, 0.717) is 6.54 Å². The molecular weight excluding hydrogens is 320 g/mol. The number of nitro benzene ring substituents is 1. The first-order valence-corrected chi connectivity index (χ1v) is 8.46. The van der Waals surface area contributed by atoms with E-state index in [-0.39, 0.29) is 22.6 Å². The molecule has 0 bridgehead atoms. The highest BCUT2D eigenvalue weighted by Gasteiger charge is 2.28. The minimum atomic E-state index is -0.366. The van der Waals surface area contributed by atoms with Crippen LogP contribution in [0.2, 0.25) is 0 Å². The van der Waals surface area contributed by atoms with Gasteiger partial charge in [0.1, 0.15) is 5.82 Å². The van der Waals surface area contributed by atoms with Crippen molar-refractivity contribution < 1.29 is 4.92 Å². The molecule has 1 aromatic heterocycles. The van der Waals surface area contributed by atoms with Gasteiger partial charge in [-0.05, 0) is 24.5 Å². The number of benzene rings is 1. The summed E-state index contributed by atoms with van der Waals surface area (Å²) in [6.45, 7) is 2.42. The maximum absolute atomic E-state index is 11.1. The molecule has 3 heterocycles. The number of anilines is 2. The van der Waals surface area contributed by atoms with Gasteiger partial charge >= 0.3 is 0 Å². The molecule has 1 atom stereocenters. The molecule has 2 aliphatic rings. The molecule has 1 saturated heterocycles. The average molecular weight is 340 g/mol. The molecular formula is C17H20N6O2. The smallest absolute Gasteiger partial charge is 0.269 e. The first-order chi connectivity index (χ1) is 12.1. The molecule has 4 rings (SSSR count). The molecule has 2 aliphatic heterocycles. The molecule has 25 heavy (non-hydrogen) atoms. The Hall–Kier alpha value is -2.74. The van der Waals surface area contributed by atoms with Gasteiger partial charge in [-0.2, -0.15) is 0 Å². The molecule has 0 radical (unpaired) electrons. The van der Waals surface area contributed by atoms with E-state index in [1.807, 2.05) is 0 Å². The highest BCUT2D eigenvalue weighted by molar-refractivity contribution is 5.63. The van der Waals surface area contributed by atoms with Crippen LogP contribution in [-0.4, -0.2) is 40.6 Å². The zero-order chi connectivity index (χ0) is 17.4. The van der Waals surface area contributed by atoms with Crippen LogP contribution in [0, 0.1) is 10.1 Å². The van der Waals surface area contributed by atoms with E-state index >= 15 is 0 Å². The molecule has 130 valence electrons. The Morgan fingerprint density at radius 2 is 2.08 bits per heavy atom. The molecule has 8 nitrogen and oxygen atoms in total. The van der Waals surface area contributed by atoms with Crippen LogP contribution in [0.5, 0.6) is 0 Å². The standard InChI is InChI=1S/C17H20N6O2/c18-11-3-5-22(6-4-11)17-10-19-9-16(21-17)14-8-20-15-2-1-12(23(24)25)7-13(14)15/h1-2,7,9-11,14,20H,3-6,8,18H2. The number of hydrogen-bond acceptors (Lipinski definition) is 7. The molecule has 0 saturated carbocycles. The minimum Gasteiger partial charge on any atom is -0.384 e. The van der Waals surface area contributed by atoms with Crippen molar-refractivity contribution in [1.82, 2.24) is 9.97 Å². The SMILES string of the molecule is NC1CCN(c2cncc(C3CNc4ccc([N+](=O)[O-])cc43)n2)CC1. The van der Waals surface area contributed by atoms with Crippen molar-refractivity contribution in [3.05, 3.63) is 52.0 Å². The number of hydrogen-bond donors (Lipinski definition) is 2. The van der Waals surface area contributed by atoms with Crippen molar-refractivity contribution in [2.24, 2.45) is 5.73 Å². The van der Waals surface area contributed by atoms with Gasteiger partial charge in [0.05, 0.1) is 16.8 Å². The summed E-state index contributed by atoms with van der Waals surface area (Å²) in [7, 11) is 0. The van der Waals surface area contributed by atoms with Crippen molar-refractivity contribution >= 4 is 17.2 Å². The normalized spacial score (nSPS) is 20.2. The molecule has 1 unspecified atom stereocenters. The van der Waals surface area contributed by atoms with Gasteiger partial charge in [-0.25, -0.2) is 4.98 Å². The lowest BCUT2D eigenvalue weighted by Gasteiger charge is -2.31. The second kappa shape index (κ2) is 6.29.